The molecule has 9 aromatic carbocycles. The van der Waals surface area contributed by atoms with Crippen LogP contribution in [0, 0.1) is 0 Å². The second-order valence-corrected chi connectivity index (χ2v) is 16.8. The topological polar surface area (TPSA) is 8.17 Å². The Morgan fingerprint density at radius 1 is 0.298 bits per heavy atom. The van der Waals surface area contributed by atoms with Gasteiger partial charge in [0, 0.05) is 16.5 Å². The third-order valence-electron chi connectivity index (χ3n) is 11.2. The molecule has 0 aliphatic rings. The van der Waals surface area contributed by atoms with Crippen LogP contribution in [0.5, 0.6) is 0 Å². The normalized spacial score (nSPS) is 11.5. The number of hydrogen-bond donors (Lipinski definition) is 0. The molecule has 0 aliphatic heterocycles. The van der Waals surface area contributed by atoms with Crippen molar-refractivity contribution in [1.29, 1.82) is 0 Å². The van der Waals surface area contributed by atoms with Gasteiger partial charge in [-0.15, -0.1) is 0 Å². The van der Waals surface area contributed by atoms with E-state index in [9.17, 15) is 0 Å². The average Bonchev–Trinajstić information content (AvgIpc) is 3.83. The van der Waals surface area contributed by atoms with Gasteiger partial charge < -0.3 is 4.57 Å². The molecular weight excluding hydrogens is 756 g/mol. The number of nitrogens with zero attached hydrogens (tertiary/aromatic N) is 2. The molecule has 0 amide bonds. The van der Waals surface area contributed by atoms with Crippen LogP contribution >= 0.6 is 0 Å². The first kappa shape index (κ1) is 33.4. The monoisotopic (exact) mass is 792 g/mol. The third kappa shape index (κ3) is 5.97. The molecule has 0 saturated heterocycles. The average molecular weight is 792 g/mol. The summed E-state index contributed by atoms with van der Waals surface area (Å²) in [6.07, 6.45) is 0. The Morgan fingerprint density at radius 2 is 0.772 bits per heavy atom. The van der Waals surface area contributed by atoms with E-state index in [-0.39, 0.29) is 0 Å². The number of benzene rings is 9. The van der Waals surface area contributed by atoms with Crippen LogP contribution in [0.3, 0.4) is 0 Å². The van der Waals surface area contributed by atoms with E-state index in [1.807, 2.05) is 0 Å². The van der Waals surface area contributed by atoms with Crippen LogP contribution in [0.4, 0.5) is 17.1 Å². The van der Waals surface area contributed by atoms with Crippen molar-refractivity contribution in [3.05, 3.63) is 218 Å². The molecule has 0 aliphatic carbocycles. The van der Waals surface area contributed by atoms with Crippen LogP contribution in [0.15, 0.2) is 218 Å². The summed E-state index contributed by atoms with van der Waals surface area (Å²) in [6.45, 7) is 0. The van der Waals surface area contributed by atoms with Crippen molar-refractivity contribution in [3.8, 4) is 39.1 Å². The van der Waals surface area contributed by atoms with Gasteiger partial charge in [-0.2, -0.15) is 0 Å². The summed E-state index contributed by atoms with van der Waals surface area (Å²) in [5, 5.41) is 5.24. The van der Waals surface area contributed by atoms with E-state index in [2.05, 4.69) is 228 Å². The smallest absolute Gasteiger partial charge is 0.0617 e. The molecule has 268 valence electrons. The number of para-hydroxylation sites is 2. The summed E-state index contributed by atoms with van der Waals surface area (Å²) in [6, 6.07) is 79.8. The van der Waals surface area contributed by atoms with Gasteiger partial charge in [0.2, 0.25) is 0 Å². The molecule has 11 aromatic rings. The van der Waals surface area contributed by atoms with Crippen LogP contribution < -0.4 is 4.90 Å². The fourth-order valence-electron chi connectivity index (χ4n) is 8.40. The fraction of sp³-hybridized carbons (Fsp3) is 0. The van der Waals surface area contributed by atoms with Gasteiger partial charge in [0.1, 0.15) is 0 Å². The fourth-order valence-corrected chi connectivity index (χ4v) is 10.7. The van der Waals surface area contributed by atoms with E-state index < -0.39 is 0 Å². The summed E-state index contributed by atoms with van der Waals surface area (Å²) >= 11 is 0.321. The summed E-state index contributed by atoms with van der Waals surface area (Å²) in [5.41, 5.74) is 14.2. The number of aromatic nitrogens is 1. The maximum atomic E-state index is 2.40. The molecule has 0 saturated carbocycles. The predicted octanol–water partition coefficient (Wildman–Crippen LogP) is 14.6. The van der Waals surface area contributed by atoms with Crippen molar-refractivity contribution in [3.63, 3.8) is 0 Å². The molecule has 0 N–H and O–H groups in total. The zero-order valence-electron chi connectivity index (χ0n) is 31.1. The Kier molecular flexibility index (Phi) is 8.21. The van der Waals surface area contributed by atoms with E-state index in [4.69, 9.17) is 0 Å². The standard InChI is InChI=1S/C54H36N2Se/c1-3-11-37(12-4-1)38-19-21-39(22-20-38)40-23-28-44(29-24-40)55(46-32-34-54-50(36-46)49-16-8-10-18-53(49)57-54)45-30-25-41(26-31-45)42-27-33-48-47-15-7-9-17-51(47)56(52(48)35-42)43-13-5-2-6-14-43/h1-36H. The van der Waals surface area contributed by atoms with E-state index in [1.54, 1.807) is 0 Å². The number of rotatable bonds is 7. The van der Waals surface area contributed by atoms with Gasteiger partial charge >= 0.3 is 217 Å². The molecule has 2 heterocycles. The van der Waals surface area contributed by atoms with Crippen molar-refractivity contribution >= 4 is 72.7 Å². The predicted molar refractivity (Wildman–Crippen MR) is 244 cm³/mol. The van der Waals surface area contributed by atoms with Crippen LogP contribution in [0.2, 0.25) is 0 Å². The molecule has 0 bridgehead atoms. The molecule has 0 radical (unpaired) electrons. The molecule has 11 rings (SSSR count). The molecule has 0 atom stereocenters. The van der Waals surface area contributed by atoms with E-state index in [1.165, 1.54) is 80.2 Å². The van der Waals surface area contributed by atoms with Crippen molar-refractivity contribution < 1.29 is 0 Å². The van der Waals surface area contributed by atoms with Crippen molar-refractivity contribution in [2.45, 2.75) is 0 Å². The summed E-state index contributed by atoms with van der Waals surface area (Å²) in [5.74, 6) is 0. The number of fused-ring (bicyclic) bond motifs is 6. The second-order valence-electron chi connectivity index (χ2n) is 14.6. The maximum absolute atomic E-state index is 2.40. The van der Waals surface area contributed by atoms with Crippen molar-refractivity contribution in [2.24, 2.45) is 0 Å². The molecule has 3 heteroatoms. The van der Waals surface area contributed by atoms with Crippen molar-refractivity contribution in [2.75, 3.05) is 4.90 Å². The zero-order valence-corrected chi connectivity index (χ0v) is 32.8. The van der Waals surface area contributed by atoms with Gasteiger partial charge in [-0.25, -0.2) is 0 Å². The van der Waals surface area contributed by atoms with Gasteiger partial charge in [-0.1, -0.05) is 66.7 Å². The van der Waals surface area contributed by atoms with Gasteiger partial charge in [-0.3, -0.25) is 0 Å². The van der Waals surface area contributed by atoms with E-state index >= 15 is 0 Å². The molecule has 0 spiro atoms. The van der Waals surface area contributed by atoms with Crippen LogP contribution in [-0.2, 0) is 0 Å². The molecule has 0 fully saturated rings. The third-order valence-corrected chi connectivity index (χ3v) is 13.6. The Labute approximate surface area is 337 Å². The van der Waals surface area contributed by atoms with Crippen LogP contribution in [0.1, 0.15) is 0 Å². The second kappa shape index (κ2) is 14.0. The van der Waals surface area contributed by atoms with Gasteiger partial charge in [-0.05, 0) is 29.3 Å². The Hall–Kier alpha value is -6.90. The number of anilines is 3. The SMILES string of the molecule is c1ccc(-c2ccc(-c3ccc(N(c4ccc(-c5ccc6c7ccccc7n(-c7ccccc7)c6c5)cc4)c4ccc5[se]c6ccccc6c5c4)cc3)cc2)cc1. The molecule has 2 aromatic heterocycles. The van der Waals surface area contributed by atoms with E-state index in [0.717, 1.165) is 17.1 Å². The molecule has 0 unspecified atom stereocenters. The minimum Gasteiger partial charge on any atom is -0.0617 e. The van der Waals surface area contributed by atoms with Crippen LogP contribution in [0.25, 0.3) is 80.2 Å². The van der Waals surface area contributed by atoms with E-state index in [0.29, 0.717) is 14.5 Å². The first-order valence-electron chi connectivity index (χ1n) is 19.4. The first-order chi connectivity index (χ1) is 28.2. The minimum atomic E-state index is 0.321. The van der Waals surface area contributed by atoms with Gasteiger partial charge in [0.15, 0.2) is 0 Å². The summed E-state index contributed by atoms with van der Waals surface area (Å²) in [7, 11) is 0. The Balaban J connectivity index is 0.989. The Bertz CT molecular complexity index is 3200. The van der Waals surface area contributed by atoms with Gasteiger partial charge in [0.25, 0.3) is 0 Å². The molecular formula is C54H36N2Se. The quantitative estimate of drug-likeness (QED) is 0.146. The minimum absolute atomic E-state index is 0.321. The summed E-state index contributed by atoms with van der Waals surface area (Å²) < 4.78 is 5.29. The molecule has 57 heavy (non-hydrogen) atoms. The van der Waals surface area contributed by atoms with Gasteiger partial charge in [0.05, 0.1) is 5.52 Å². The first-order valence-corrected chi connectivity index (χ1v) is 21.1. The molecule has 2 nitrogen and oxygen atoms in total. The zero-order chi connectivity index (χ0) is 37.7. The Morgan fingerprint density at radius 3 is 1.46 bits per heavy atom. The van der Waals surface area contributed by atoms with Crippen LogP contribution in [-0.4, -0.2) is 19.1 Å². The number of hydrogen-bond acceptors (Lipinski definition) is 1. The summed E-state index contributed by atoms with van der Waals surface area (Å²) in [4.78, 5) is 2.40. The van der Waals surface area contributed by atoms with Crippen molar-refractivity contribution in [1.82, 2.24) is 4.57 Å².